The van der Waals surface area contributed by atoms with Gasteiger partial charge in [0.2, 0.25) is 0 Å². The standard InChI is InChI=1S/C16H17FN2O3/c1-3-13(21)5-7-15(10(2)20)19-16(22)14-6-4-12(17)8-11(14)9-18-19/h4,6,8-9,15H,3,5,7H2,1-2H3. The minimum absolute atomic E-state index is 0.0298. The number of rotatable bonds is 6. The molecule has 0 aliphatic carbocycles. The van der Waals surface area contributed by atoms with Crippen molar-refractivity contribution in [3.8, 4) is 0 Å². The zero-order valence-electron chi connectivity index (χ0n) is 12.5. The molecule has 1 aromatic heterocycles. The smallest absolute Gasteiger partial charge is 0.275 e. The maximum absolute atomic E-state index is 13.2. The molecule has 5 nitrogen and oxygen atoms in total. The third-order valence-electron chi connectivity index (χ3n) is 3.63. The first-order chi connectivity index (χ1) is 10.4. The SMILES string of the molecule is CCC(=O)CCC(C(C)=O)n1ncc2cc(F)ccc2c1=O. The van der Waals surface area contributed by atoms with Crippen LogP contribution in [0.15, 0.2) is 29.2 Å². The minimum Gasteiger partial charge on any atom is -0.300 e. The summed E-state index contributed by atoms with van der Waals surface area (Å²) in [5.41, 5.74) is -0.457. The van der Waals surface area contributed by atoms with Gasteiger partial charge in [0.05, 0.1) is 11.6 Å². The normalized spacial score (nSPS) is 12.3. The summed E-state index contributed by atoms with van der Waals surface area (Å²) in [5.74, 6) is -0.662. The van der Waals surface area contributed by atoms with Crippen molar-refractivity contribution in [1.29, 1.82) is 0 Å². The Labute approximate surface area is 126 Å². The van der Waals surface area contributed by atoms with E-state index in [1.54, 1.807) is 6.92 Å². The lowest BCUT2D eigenvalue weighted by Crippen LogP contribution is -2.31. The molecule has 0 saturated heterocycles. The predicted molar refractivity (Wildman–Crippen MR) is 80.2 cm³/mol. The quantitative estimate of drug-likeness (QED) is 0.822. The number of benzene rings is 1. The Balaban J connectivity index is 2.44. The topological polar surface area (TPSA) is 69.0 Å². The second-order valence-corrected chi connectivity index (χ2v) is 5.18. The second-order valence-electron chi connectivity index (χ2n) is 5.18. The molecule has 0 aliphatic heterocycles. The van der Waals surface area contributed by atoms with Crippen molar-refractivity contribution in [2.24, 2.45) is 0 Å². The third-order valence-corrected chi connectivity index (χ3v) is 3.63. The molecule has 116 valence electrons. The first-order valence-corrected chi connectivity index (χ1v) is 7.13. The van der Waals surface area contributed by atoms with Crippen LogP contribution in [-0.2, 0) is 9.59 Å². The Hall–Kier alpha value is -2.37. The second kappa shape index (κ2) is 6.60. The number of aromatic nitrogens is 2. The number of nitrogens with zero attached hydrogens (tertiary/aromatic N) is 2. The van der Waals surface area contributed by atoms with Crippen molar-refractivity contribution in [2.45, 2.75) is 39.2 Å². The Bertz CT molecular complexity index is 783. The molecule has 22 heavy (non-hydrogen) atoms. The molecule has 0 saturated carbocycles. The Morgan fingerprint density at radius 2 is 2.09 bits per heavy atom. The summed E-state index contributed by atoms with van der Waals surface area (Å²) in [6.07, 6.45) is 2.21. The average Bonchev–Trinajstić information content (AvgIpc) is 2.48. The van der Waals surface area contributed by atoms with Crippen molar-refractivity contribution in [1.82, 2.24) is 9.78 Å². The van der Waals surface area contributed by atoms with Crippen LogP contribution < -0.4 is 5.56 Å². The van der Waals surface area contributed by atoms with E-state index in [1.165, 1.54) is 31.3 Å². The molecular formula is C16H17FN2O3. The van der Waals surface area contributed by atoms with Gasteiger partial charge in [-0.15, -0.1) is 0 Å². The Morgan fingerprint density at radius 3 is 2.73 bits per heavy atom. The lowest BCUT2D eigenvalue weighted by atomic mass is 10.0. The largest absolute Gasteiger partial charge is 0.300 e. The molecule has 0 fully saturated rings. The first-order valence-electron chi connectivity index (χ1n) is 7.13. The number of fused-ring (bicyclic) bond motifs is 1. The van der Waals surface area contributed by atoms with E-state index in [9.17, 15) is 18.8 Å². The lowest BCUT2D eigenvalue weighted by Gasteiger charge is -2.15. The number of carbonyl (C=O) groups is 2. The Morgan fingerprint density at radius 1 is 1.36 bits per heavy atom. The summed E-state index contributed by atoms with van der Waals surface area (Å²) >= 11 is 0. The summed E-state index contributed by atoms with van der Waals surface area (Å²) in [5, 5.41) is 4.66. The van der Waals surface area contributed by atoms with Gasteiger partial charge in [0.15, 0.2) is 5.78 Å². The highest BCUT2D eigenvalue weighted by Gasteiger charge is 2.20. The number of Topliss-reactive ketones (excluding diaryl/α,β-unsaturated/α-hetero) is 2. The van der Waals surface area contributed by atoms with Gasteiger partial charge in [0.1, 0.15) is 17.6 Å². The lowest BCUT2D eigenvalue weighted by molar-refractivity contribution is -0.121. The van der Waals surface area contributed by atoms with Crippen LogP contribution in [0, 0.1) is 5.82 Å². The number of carbonyl (C=O) groups excluding carboxylic acids is 2. The minimum atomic E-state index is -0.780. The third kappa shape index (κ3) is 3.27. The highest BCUT2D eigenvalue weighted by atomic mass is 19.1. The van der Waals surface area contributed by atoms with Gasteiger partial charge in [0.25, 0.3) is 5.56 Å². The number of ketones is 2. The first kappa shape index (κ1) is 16.0. The van der Waals surface area contributed by atoms with Crippen LogP contribution in [-0.4, -0.2) is 21.3 Å². The fourth-order valence-electron chi connectivity index (χ4n) is 2.33. The summed E-state index contributed by atoms with van der Waals surface area (Å²) in [4.78, 5) is 35.7. The molecule has 2 aromatic rings. The van der Waals surface area contributed by atoms with Gasteiger partial charge >= 0.3 is 0 Å². The van der Waals surface area contributed by atoms with E-state index in [0.29, 0.717) is 17.2 Å². The number of hydrogen-bond donors (Lipinski definition) is 0. The summed E-state index contributed by atoms with van der Waals surface area (Å²) in [6, 6.07) is 3.01. The van der Waals surface area contributed by atoms with E-state index >= 15 is 0 Å². The maximum atomic E-state index is 13.2. The molecule has 0 N–H and O–H groups in total. The van der Waals surface area contributed by atoms with E-state index in [-0.39, 0.29) is 24.4 Å². The van der Waals surface area contributed by atoms with Crippen LogP contribution in [0.25, 0.3) is 10.8 Å². The van der Waals surface area contributed by atoms with Gasteiger partial charge in [-0.2, -0.15) is 5.10 Å². The van der Waals surface area contributed by atoms with E-state index in [1.807, 2.05) is 0 Å². The van der Waals surface area contributed by atoms with Gasteiger partial charge < -0.3 is 0 Å². The molecule has 1 atom stereocenters. The molecule has 0 radical (unpaired) electrons. The van der Waals surface area contributed by atoms with Gasteiger partial charge in [-0.3, -0.25) is 14.4 Å². The van der Waals surface area contributed by atoms with Crippen LogP contribution in [0.1, 0.15) is 39.2 Å². The average molecular weight is 304 g/mol. The molecule has 0 bridgehead atoms. The van der Waals surface area contributed by atoms with E-state index < -0.39 is 17.4 Å². The zero-order chi connectivity index (χ0) is 16.3. The number of halogens is 1. The molecule has 0 amide bonds. The molecule has 1 unspecified atom stereocenters. The van der Waals surface area contributed by atoms with Gasteiger partial charge in [-0.05, 0) is 31.5 Å². The molecule has 2 rings (SSSR count). The van der Waals surface area contributed by atoms with Crippen LogP contribution in [0.5, 0.6) is 0 Å². The van der Waals surface area contributed by atoms with Crippen molar-refractivity contribution >= 4 is 22.3 Å². The van der Waals surface area contributed by atoms with E-state index in [2.05, 4.69) is 5.10 Å². The van der Waals surface area contributed by atoms with Crippen LogP contribution in [0.4, 0.5) is 4.39 Å². The summed E-state index contributed by atoms with van der Waals surface area (Å²) in [6.45, 7) is 3.12. The van der Waals surface area contributed by atoms with E-state index in [0.717, 1.165) is 4.68 Å². The van der Waals surface area contributed by atoms with Crippen LogP contribution in [0.3, 0.4) is 0 Å². The summed E-state index contributed by atoms with van der Waals surface area (Å²) in [7, 11) is 0. The van der Waals surface area contributed by atoms with Gasteiger partial charge in [-0.1, -0.05) is 6.92 Å². The summed E-state index contributed by atoms with van der Waals surface area (Å²) < 4.78 is 14.3. The Kier molecular flexibility index (Phi) is 4.80. The van der Waals surface area contributed by atoms with Crippen LogP contribution in [0.2, 0.25) is 0 Å². The number of hydrogen-bond acceptors (Lipinski definition) is 4. The molecule has 0 aliphatic rings. The molecule has 6 heteroatoms. The molecular weight excluding hydrogens is 287 g/mol. The van der Waals surface area contributed by atoms with Crippen molar-refractivity contribution in [3.63, 3.8) is 0 Å². The van der Waals surface area contributed by atoms with Crippen LogP contribution >= 0.6 is 0 Å². The fraction of sp³-hybridized carbons (Fsp3) is 0.375. The molecule has 0 spiro atoms. The van der Waals surface area contributed by atoms with E-state index in [4.69, 9.17) is 0 Å². The molecule has 1 heterocycles. The van der Waals surface area contributed by atoms with Crippen molar-refractivity contribution < 1.29 is 14.0 Å². The van der Waals surface area contributed by atoms with Crippen molar-refractivity contribution in [3.05, 3.63) is 40.6 Å². The molecule has 1 aromatic carbocycles. The van der Waals surface area contributed by atoms with Gasteiger partial charge in [0, 0.05) is 18.2 Å². The maximum Gasteiger partial charge on any atom is 0.275 e. The van der Waals surface area contributed by atoms with Gasteiger partial charge in [-0.25, -0.2) is 9.07 Å². The highest BCUT2D eigenvalue weighted by Crippen LogP contribution is 2.16. The zero-order valence-corrected chi connectivity index (χ0v) is 12.5. The van der Waals surface area contributed by atoms with Crippen molar-refractivity contribution in [2.75, 3.05) is 0 Å². The highest BCUT2D eigenvalue weighted by molar-refractivity contribution is 5.83. The fourth-order valence-corrected chi connectivity index (χ4v) is 2.33. The monoisotopic (exact) mass is 304 g/mol. The predicted octanol–water partition coefficient (Wildman–Crippen LogP) is 2.43.